The average molecular weight is 359 g/mol. The predicted molar refractivity (Wildman–Crippen MR) is 110 cm³/mol. The highest BCUT2D eigenvalue weighted by atomic mass is 16.5. The van der Waals surface area contributed by atoms with Crippen LogP contribution in [0.15, 0.2) is 78.9 Å². The maximum atomic E-state index is 6.00. The van der Waals surface area contributed by atoms with Crippen LogP contribution in [0.1, 0.15) is 18.4 Å². The number of benzene rings is 3. The molecule has 3 aromatic rings. The molecule has 1 aliphatic heterocycles. The Morgan fingerprint density at radius 1 is 0.852 bits per heavy atom. The molecule has 0 bridgehead atoms. The lowest BCUT2D eigenvalue weighted by Crippen LogP contribution is -2.16. The van der Waals surface area contributed by atoms with E-state index < -0.39 is 0 Å². The van der Waals surface area contributed by atoms with Crippen molar-refractivity contribution in [1.29, 1.82) is 0 Å². The summed E-state index contributed by atoms with van der Waals surface area (Å²) in [5, 5.41) is 3.50. The second-order valence-electron chi connectivity index (χ2n) is 6.86. The number of para-hydroxylation sites is 2. The minimum Gasteiger partial charge on any atom is -0.489 e. The molecule has 1 aliphatic rings. The number of rotatable bonds is 7. The molecule has 1 saturated heterocycles. The molecule has 3 nitrogen and oxygen atoms in total. The van der Waals surface area contributed by atoms with Crippen LogP contribution in [0.3, 0.4) is 0 Å². The fourth-order valence-electron chi connectivity index (χ4n) is 3.34. The highest BCUT2D eigenvalue weighted by Crippen LogP contribution is 2.26. The molecule has 27 heavy (non-hydrogen) atoms. The summed E-state index contributed by atoms with van der Waals surface area (Å²) < 4.78 is 11.6. The maximum absolute atomic E-state index is 6.00. The van der Waals surface area contributed by atoms with Gasteiger partial charge in [-0.15, -0.1) is 0 Å². The van der Waals surface area contributed by atoms with Crippen molar-refractivity contribution in [2.24, 2.45) is 0 Å². The Balaban J connectivity index is 1.37. The molecule has 1 atom stereocenters. The molecular formula is C24H25NO2. The summed E-state index contributed by atoms with van der Waals surface area (Å²) in [6, 6.07) is 27.2. The average Bonchev–Trinajstić information content (AvgIpc) is 3.26. The highest BCUT2D eigenvalue weighted by Gasteiger charge is 2.16. The van der Waals surface area contributed by atoms with Crippen LogP contribution in [-0.2, 0) is 11.3 Å². The molecular weight excluding hydrogens is 334 g/mol. The number of hydrogen-bond donors (Lipinski definition) is 1. The van der Waals surface area contributed by atoms with Gasteiger partial charge in [-0.1, -0.05) is 66.7 Å². The van der Waals surface area contributed by atoms with Gasteiger partial charge < -0.3 is 14.8 Å². The lowest BCUT2D eigenvalue weighted by atomic mass is 10.0. The van der Waals surface area contributed by atoms with E-state index in [4.69, 9.17) is 9.47 Å². The van der Waals surface area contributed by atoms with Crippen molar-refractivity contribution in [3.8, 4) is 16.9 Å². The third-order valence-electron chi connectivity index (χ3n) is 4.88. The van der Waals surface area contributed by atoms with E-state index in [1.54, 1.807) is 0 Å². The monoisotopic (exact) mass is 359 g/mol. The quantitative estimate of drug-likeness (QED) is 0.602. The minimum atomic E-state index is 0.226. The van der Waals surface area contributed by atoms with E-state index in [-0.39, 0.29) is 6.10 Å². The topological polar surface area (TPSA) is 30.5 Å². The van der Waals surface area contributed by atoms with Crippen LogP contribution in [0, 0.1) is 0 Å². The lowest BCUT2D eigenvalue weighted by molar-refractivity contribution is 0.0682. The SMILES string of the molecule is c1ccc(-c2ccc(CNc3ccccc3OC[C@H]3CCCO3)cc2)cc1. The van der Waals surface area contributed by atoms with Crippen molar-refractivity contribution >= 4 is 5.69 Å². The first-order valence-corrected chi connectivity index (χ1v) is 9.60. The summed E-state index contributed by atoms with van der Waals surface area (Å²) in [6.45, 7) is 2.23. The predicted octanol–water partition coefficient (Wildman–Crippen LogP) is 5.52. The van der Waals surface area contributed by atoms with Crippen molar-refractivity contribution in [3.05, 3.63) is 84.4 Å². The van der Waals surface area contributed by atoms with Crippen LogP contribution in [-0.4, -0.2) is 19.3 Å². The van der Waals surface area contributed by atoms with Crippen LogP contribution in [0.2, 0.25) is 0 Å². The number of hydrogen-bond acceptors (Lipinski definition) is 3. The minimum absolute atomic E-state index is 0.226. The molecule has 0 unspecified atom stereocenters. The summed E-state index contributed by atoms with van der Waals surface area (Å²) in [6.07, 6.45) is 2.44. The lowest BCUT2D eigenvalue weighted by Gasteiger charge is -2.16. The van der Waals surface area contributed by atoms with E-state index in [2.05, 4.69) is 59.9 Å². The van der Waals surface area contributed by atoms with Gasteiger partial charge in [0.25, 0.3) is 0 Å². The summed E-state index contributed by atoms with van der Waals surface area (Å²) in [5.74, 6) is 0.883. The second-order valence-corrected chi connectivity index (χ2v) is 6.86. The van der Waals surface area contributed by atoms with E-state index in [0.717, 1.165) is 37.4 Å². The third-order valence-corrected chi connectivity index (χ3v) is 4.88. The fraction of sp³-hybridized carbons (Fsp3) is 0.250. The Labute approximate surface area is 161 Å². The number of anilines is 1. The summed E-state index contributed by atoms with van der Waals surface area (Å²) >= 11 is 0. The van der Waals surface area contributed by atoms with Crippen molar-refractivity contribution in [2.45, 2.75) is 25.5 Å². The first-order valence-electron chi connectivity index (χ1n) is 9.60. The van der Waals surface area contributed by atoms with Gasteiger partial charge in [0.05, 0.1) is 11.8 Å². The molecule has 1 fully saturated rings. The van der Waals surface area contributed by atoms with Crippen LogP contribution in [0.4, 0.5) is 5.69 Å². The molecule has 138 valence electrons. The molecule has 4 rings (SSSR count). The summed E-state index contributed by atoms with van der Waals surface area (Å²) in [4.78, 5) is 0. The molecule has 0 aromatic heterocycles. The van der Waals surface area contributed by atoms with E-state index in [9.17, 15) is 0 Å². The van der Waals surface area contributed by atoms with Crippen molar-refractivity contribution in [2.75, 3.05) is 18.5 Å². The van der Waals surface area contributed by atoms with Crippen LogP contribution >= 0.6 is 0 Å². The van der Waals surface area contributed by atoms with Gasteiger partial charge in [-0.05, 0) is 41.7 Å². The number of ether oxygens (including phenoxy) is 2. The Morgan fingerprint density at radius 3 is 2.37 bits per heavy atom. The van der Waals surface area contributed by atoms with Crippen LogP contribution < -0.4 is 10.1 Å². The van der Waals surface area contributed by atoms with Gasteiger partial charge in [-0.25, -0.2) is 0 Å². The Bertz CT molecular complexity index is 840. The highest BCUT2D eigenvalue weighted by molar-refractivity contribution is 5.63. The van der Waals surface area contributed by atoms with E-state index >= 15 is 0 Å². The summed E-state index contributed by atoms with van der Waals surface area (Å²) in [5.41, 5.74) is 4.73. The van der Waals surface area contributed by atoms with Gasteiger partial charge in [0.2, 0.25) is 0 Å². The first-order chi connectivity index (χ1) is 13.4. The second kappa shape index (κ2) is 8.74. The largest absolute Gasteiger partial charge is 0.489 e. The Morgan fingerprint density at radius 2 is 1.59 bits per heavy atom. The van der Waals surface area contributed by atoms with Crippen molar-refractivity contribution < 1.29 is 9.47 Å². The maximum Gasteiger partial charge on any atom is 0.142 e. The van der Waals surface area contributed by atoms with Gasteiger partial charge in [-0.2, -0.15) is 0 Å². The Kier molecular flexibility index (Phi) is 5.70. The molecule has 0 aliphatic carbocycles. The molecule has 1 N–H and O–H groups in total. The summed E-state index contributed by atoms with van der Waals surface area (Å²) in [7, 11) is 0. The van der Waals surface area contributed by atoms with Gasteiger partial charge in [0.15, 0.2) is 0 Å². The molecule has 0 saturated carbocycles. The van der Waals surface area contributed by atoms with E-state index in [0.29, 0.717) is 6.61 Å². The molecule has 0 amide bonds. The van der Waals surface area contributed by atoms with E-state index in [1.807, 2.05) is 24.3 Å². The molecule has 3 aromatic carbocycles. The van der Waals surface area contributed by atoms with Crippen LogP contribution in [0.25, 0.3) is 11.1 Å². The molecule has 1 heterocycles. The molecule has 3 heteroatoms. The molecule has 0 spiro atoms. The standard InChI is InChI=1S/C24H25NO2/c1-2-7-20(8-3-1)21-14-12-19(13-15-21)17-25-23-10-4-5-11-24(23)27-18-22-9-6-16-26-22/h1-5,7-8,10-15,22,25H,6,9,16-18H2/t22-/m1/s1. The zero-order chi connectivity index (χ0) is 18.3. The van der Waals surface area contributed by atoms with E-state index in [1.165, 1.54) is 16.7 Å². The zero-order valence-electron chi connectivity index (χ0n) is 15.4. The number of nitrogens with one attached hydrogen (secondary N) is 1. The third kappa shape index (κ3) is 4.69. The van der Waals surface area contributed by atoms with Crippen LogP contribution in [0.5, 0.6) is 5.75 Å². The van der Waals surface area contributed by atoms with Gasteiger partial charge in [0, 0.05) is 13.2 Å². The van der Waals surface area contributed by atoms with Gasteiger partial charge in [-0.3, -0.25) is 0 Å². The van der Waals surface area contributed by atoms with Gasteiger partial charge in [0.1, 0.15) is 12.4 Å². The first kappa shape index (κ1) is 17.6. The molecule has 0 radical (unpaired) electrons. The smallest absolute Gasteiger partial charge is 0.142 e. The fourth-order valence-corrected chi connectivity index (χ4v) is 3.34. The zero-order valence-corrected chi connectivity index (χ0v) is 15.4. The van der Waals surface area contributed by atoms with Crippen molar-refractivity contribution in [1.82, 2.24) is 0 Å². The Hall–Kier alpha value is -2.78. The normalized spacial score (nSPS) is 16.2. The van der Waals surface area contributed by atoms with Gasteiger partial charge >= 0.3 is 0 Å². The van der Waals surface area contributed by atoms with Crippen molar-refractivity contribution in [3.63, 3.8) is 0 Å².